The number of amides is 1. The largest absolute Gasteiger partial charge is 0.490 e. The Bertz CT molecular complexity index is 789. The molecule has 1 amide bonds. The zero-order valence-electron chi connectivity index (χ0n) is 15.9. The molecule has 0 spiro atoms. The van der Waals surface area contributed by atoms with Crippen LogP contribution in [0, 0.1) is 6.92 Å². The van der Waals surface area contributed by atoms with Gasteiger partial charge in [0.15, 0.2) is 16.6 Å². The molecule has 0 bridgehead atoms. The van der Waals surface area contributed by atoms with E-state index in [1.165, 1.54) is 0 Å². The van der Waals surface area contributed by atoms with Crippen molar-refractivity contribution in [1.82, 2.24) is 10.4 Å². The summed E-state index contributed by atoms with van der Waals surface area (Å²) < 4.78 is 11.5. The lowest BCUT2D eigenvalue weighted by molar-refractivity contribution is 0.0958. The van der Waals surface area contributed by atoms with Crippen LogP contribution in [0.1, 0.15) is 54.0 Å². The molecule has 7 nitrogen and oxygen atoms in total. The maximum Gasteiger partial charge on any atom is 0.283 e. The van der Waals surface area contributed by atoms with Crippen molar-refractivity contribution in [1.29, 1.82) is 0 Å². The summed E-state index contributed by atoms with van der Waals surface area (Å²) in [5.41, 5.74) is 9.50. The van der Waals surface area contributed by atoms with Crippen LogP contribution >= 0.6 is 11.3 Å². The van der Waals surface area contributed by atoms with Gasteiger partial charge >= 0.3 is 0 Å². The summed E-state index contributed by atoms with van der Waals surface area (Å²) in [7, 11) is 0. The number of ether oxygens (including phenoxy) is 2. The van der Waals surface area contributed by atoms with Gasteiger partial charge in [-0.3, -0.25) is 4.79 Å². The number of nitrogens with two attached hydrogens (primary N) is 1. The highest BCUT2D eigenvalue weighted by molar-refractivity contribution is 7.17. The fourth-order valence-corrected chi connectivity index (χ4v) is 3.09. The molecule has 0 saturated heterocycles. The second-order valence-electron chi connectivity index (χ2n) is 5.86. The maximum atomic E-state index is 12.1. The molecule has 0 unspecified atom stereocenters. The Balaban J connectivity index is 2.02. The lowest BCUT2D eigenvalue weighted by atomic mass is 10.2. The van der Waals surface area contributed by atoms with Crippen molar-refractivity contribution in [2.45, 2.75) is 40.0 Å². The molecule has 1 aromatic heterocycles. The van der Waals surface area contributed by atoms with Gasteiger partial charge < -0.3 is 15.2 Å². The van der Waals surface area contributed by atoms with Crippen molar-refractivity contribution >= 4 is 28.6 Å². The number of aryl methyl sites for hydroxylation is 1. The van der Waals surface area contributed by atoms with Gasteiger partial charge in [-0.05, 0) is 44.0 Å². The number of unbranched alkanes of at least 4 members (excludes halogenated alkanes) is 2. The Kier molecular flexibility index (Phi) is 8.06. The van der Waals surface area contributed by atoms with Crippen molar-refractivity contribution in [3.63, 3.8) is 0 Å². The number of nitrogen functional groups attached to an aromatic ring is 1. The average Bonchev–Trinajstić information content (AvgIpc) is 2.99. The van der Waals surface area contributed by atoms with E-state index in [0.29, 0.717) is 40.4 Å². The molecule has 0 atom stereocenters. The third-order valence-electron chi connectivity index (χ3n) is 3.67. The highest BCUT2D eigenvalue weighted by Gasteiger charge is 2.13. The normalized spacial score (nSPS) is 10.9. The van der Waals surface area contributed by atoms with Gasteiger partial charge in [-0.15, -0.1) is 0 Å². The minimum Gasteiger partial charge on any atom is -0.490 e. The number of hydrazone groups is 1. The van der Waals surface area contributed by atoms with Crippen LogP contribution in [0.15, 0.2) is 23.3 Å². The number of carbonyl (C=O) groups is 1. The fourth-order valence-electron chi connectivity index (χ4n) is 2.37. The van der Waals surface area contributed by atoms with Gasteiger partial charge in [0.1, 0.15) is 4.88 Å². The second-order valence-corrected chi connectivity index (χ2v) is 6.89. The molecular weight excluding hydrogens is 364 g/mol. The first kappa shape index (κ1) is 20.7. The molecule has 27 heavy (non-hydrogen) atoms. The average molecular weight is 391 g/mol. The smallest absolute Gasteiger partial charge is 0.283 e. The molecule has 2 aromatic rings. The summed E-state index contributed by atoms with van der Waals surface area (Å²) in [6, 6.07) is 5.55. The van der Waals surface area contributed by atoms with Gasteiger partial charge in [0.25, 0.3) is 5.91 Å². The van der Waals surface area contributed by atoms with Crippen LogP contribution in [-0.2, 0) is 0 Å². The summed E-state index contributed by atoms with van der Waals surface area (Å²) in [6.45, 7) is 7.02. The standard InChI is InChI=1S/C19H26N4O3S/c1-4-6-7-10-26-16-11-14(8-9-15(16)25-5-2)12-21-23-18(24)17-13(3)22-19(20)27-17/h8-9,11-12H,4-7,10H2,1-3H3,(H2,20,22)(H,23,24). The summed E-state index contributed by atoms with van der Waals surface area (Å²) in [5, 5.41) is 4.37. The number of rotatable bonds is 10. The van der Waals surface area contributed by atoms with Crippen LogP contribution in [0.3, 0.4) is 0 Å². The summed E-state index contributed by atoms with van der Waals surface area (Å²) in [4.78, 5) is 16.6. The van der Waals surface area contributed by atoms with E-state index in [-0.39, 0.29) is 5.91 Å². The molecule has 8 heteroatoms. The van der Waals surface area contributed by atoms with Crippen molar-refractivity contribution < 1.29 is 14.3 Å². The monoisotopic (exact) mass is 390 g/mol. The van der Waals surface area contributed by atoms with Crippen molar-refractivity contribution in [2.75, 3.05) is 18.9 Å². The van der Waals surface area contributed by atoms with Crippen LogP contribution in [-0.4, -0.2) is 30.3 Å². The van der Waals surface area contributed by atoms with E-state index in [4.69, 9.17) is 15.2 Å². The van der Waals surface area contributed by atoms with E-state index in [0.717, 1.165) is 36.2 Å². The third-order valence-corrected chi connectivity index (χ3v) is 4.66. The van der Waals surface area contributed by atoms with Crippen LogP contribution in [0.2, 0.25) is 0 Å². The van der Waals surface area contributed by atoms with Crippen molar-refractivity contribution in [3.8, 4) is 11.5 Å². The number of hydrogen-bond donors (Lipinski definition) is 2. The maximum absolute atomic E-state index is 12.1. The molecule has 0 saturated carbocycles. The molecule has 0 aliphatic rings. The highest BCUT2D eigenvalue weighted by atomic mass is 32.1. The molecule has 146 valence electrons. The van der Waals surface area contributed by atoms with E-state index >= 15 is 0 Å². The number of anilines is 1. The quantitative estimate of drug-likeness (QED) is 0.365. The van der Waals surface area contributed by atoms with Crippen LogP contribution in [0.25, 0.3) is 0 Å². The topological polar surface area (TPSA) is 98.8 Å². The van der Waals surface area contributed by atoms with Crippen molar-refractivity contribution in [2.24, 2.45) is 5.10 Å². The predicted molar refractivity (Wildman–Crippen MR) is 109 cm³/mol. The number of aromatic nitrogens is 1. The SMILES string of the molecule is CCCCCOc1cc(C=NNC(=O)c2sc(N)nc2C)ccc1OCC. The van der Waals surface area contributed by atoms with Gasteiger partial charge in [-0.25, -0.2) is 10.4 Å². The lowest BCUT2D eigenvalue weighted by Crippen LogP contribution is -2.17. The lowest BCUT2D eigenvalue weighted by Gasteiger charge is -2.12. The Morgan fingerprint density at radius 3 is 2.78 bits per heavy atom. The van der Waals surface area contributed by atoms with Gasteiger partial charge in [0.2, 0.25) is 0 Å². The van der Waals surface area contributed by atoms with Gasteiger partial charge in [0.05, 0.1) is 25.1 Å². The highest BCUT2D eigenvalue weighted by Crippen LogP contribution is 2.28. The fraction of sp³-hybridized carbons (Fsp3) is 0.421. The zero-order chi connectivity index (χ0) is 19.6. The molecule has 0 aliphatic carbocycles. The Hall–Kier alpha value is -2.61. The predicted octanol–water partition coefficient (Wildman–Crippen LogP) is 3.77. The van der Waals surface area contributed by atoms with E-state index in [1.807, 2.05) is 25.1 Å². The van der Waals surface area contributed by atoms with E-state index in [1.54, 1.807) is 13.1 Å². The number of carbonyl (C=O) groups excluding carboxylic acids is 1. The number of nitrogens with one attached hydrogen (secondary N) is 1. The first-order chi connectivity index (χ1) is 13.0. The van der Waals surface area contributed by atoms with Crippen LogP contribution in [0.5, 0.6) is 11.5 Å². The number of nitrogens with zero attached hydrogens (tertiary/aromatic N) is 2. The first-order valence-electron chi connectivity index (χ1n) is 9.01. The summed E-state index contributed by atoms with van der Waals surface area (Å²) >= 11 is 1.14. The van der Waals surface area contributed by atoms with E-state index in [2.05, 4.69) is 22.4 Å². The van der Waals surface area contributed by atoms with E-state index < -0.39 is 0 Å². The summed E-state index contributed by atoms with van der Waals surface area (Å²) in [5.74, 6) is 1.04. The molecule has 0 aliphatic heterocycles. The van der Waals surface area contributed by atoms with Gasteiger partial charge in [0, 0.05) is 0 Å². The molecule has 3 N–H and O–H groups in total. The minimum atomic E-state index is -0.333. The zero-order valence-corrected chi connectivity index (χ0v) is 16.8. The Morgan fingerprint density at radius 2 is 2.11 bits per heavy atom. The number of hydrogen-bond acceptors (Lipinski definition) is 7. The molecular formula is C19H26N4O3S. The number of thiazole rings is 1. The molecule has 1 aromatic carbocycles. The summed E-state index contributed by atoms with van der Waals surface area (Å²) in [6.07, 6.45) is 4.82. The van der Waals surface area contributed by atoms with Crippen molar-refractivity contribution in [3.05, 3.63) is 34.3 Å². The molecule has 0 radical (unpaired) electrons. The third kappa shape index (κ3) is 6.25. The molecule has 0 fully saturated rings. The Labute approximate surface area is 163 Å². The molecule has 1 heterocycles. The van der Waals surface area contributed by atoms with Crippen LogP contribution in [0.4, 0.5) is 5.13 Å². The second kappa shape index (κ2) is 10.5. The number of benzene rings is 1. The van der Waals surface area contributed by atoms with E-state index in [9.17, 15) is 4.79 Å². The minimum absolute atomic E-state index is 0.333. The molecule has 2 rings (SSSR count). The first-order valence-corrected chi connectivity index (χ1v) is 9.82. The van der Waals surface area contributed by atoms with Gasteiger partial charge in [-0.1, -0.05) is 31.1 Å². The Morgan fingerprint density at radius 1 is 1.30 bits per heavy atom. The van der Waals surface area contributed by atoms with Crippen LogP contribution < -0.4 is 20.6 Å². The van der Waals surface area contributed by atoms with Gasteiger partial charge in [-0.2, -0.15) is 5.10 Å².